The minimum Gasteiger partial charge on any atom is -0.299 e. The third-order valence-corrected chi connectivity index (χ3v) is 3.59. The lowest BCUT2D eigenvalue weighted by molar-refractivity contribution is 0.176. The zero-order valence-corrected chi connectivity index (χ0v) is 13.3. The molecule has 0 aliphatic carbocycles. The van der Waals surface area contributed by atoms with E-state index in [1.54, 1.807) is 0 Å². The summed E-state index contributed by atoms with van der Waals surface area (Å²) >= 11 is 0. The smallest absolute Gasteiger partial charge is 0.0429 e. The molecule has 2 rings (SSSR count). The van der Waals surface area contributed by atoms with Crippen LogP contribution < -0.4 is 0 Å². The van der Waals surface area contributed by atoms with Crippen molar-refractivity contribution in [2.24, 2.45) is 5.92 Å². The van der Waals surface area contributed by atoms with Crippen LogP contribution in [0.15, 0.2) is 18.3 Å². The molecule has 0 bridgehead atoms. The first-order chi connectivity index (χ1) is 9.15. The average molecular weight is 262 g/mol. The summed E-state index contributed by atoms with van der Waals surface area (Å²) in [6.07, 6.45) is 4.79. The first-order valence-corrected chi connectivity index (χ1v) is 7.82. The minimum atomic E-state index is 0.527. The highest BCUT2D eigenvalue weighted by atomic mass is 15.1. The van der Waals surface area contributed by atoms with E-state index in [2.05, 4.69) is 49.0 Å². The fourth-order valence-electron chi connectivity index (χ4n) is 2.56. The van der Waals surface area contributed by atoms with Crippen molar-refractivity contribution in [3.63, 3.8) is 0 Å². The van der Waals surface area contributed by atoms with E-state index in [-0.39, 0.29) is 0 Å². The zero-order valence-electron chi connectivity index (χ0n) is 13.3. The van der Waals surface area contributed by atoms with Gasteiger partial charge >= 0.3 is 0 Å². The number of likely N-dealkylation sites (tertiary alicyclic amines) is 1. The summed E-state index contributed by atoms with van der Waals surface area (Å²) in [5, 5.41) is 0. The van der Waals surface area contributed by atoms with E-state index in [9.17, 15) is 0 Å². The Morgan fingerprint density at radius 1 is 1.32 bits per heavy atom. The SMILES string of the molecule is CC.CC1CCCN(Cc2ccc(C(C)C)nc2)C1. The quantitative estimate of drug-likeness (QED) is 0.799. The van der Waals surface area contributed by atoms with Crippen LogP contribution in [0.3, 0.4) is 0 Å². The van der Waals surface area contributed by atoms with Crippen molar-refractivity contribution in [2.45, 2.75) is 59.9 Å². The first kappa shape index (κ1) is 16.2. The predicted octanol–water partition coefficient (Wildman–Crippen LogP) is 4.46. The highest BCUT2D eigenvalue weighted by Gasteiger charge is 2.16. The molecular formula is C17H30N2. The molecule has 0 amide bonds. The van der Waals surface area contributed by atoms with Crippen molar-refractivity contribution < 1.29 is 0 Å². The molecule has 19 heavy (non-hydrogen) atoms. The molecule has 0 N–H and O–H groups in total. The second kappa shape index (κ2) is 8.31. The Morgan fingerprint density at radius 2 is 2.05 bits per heavy atom. The molecule has 0 spiro atoms. The molecule has 1 aliphatic heterocycles. The maximum atomic E-state index is 4.54. The number of piperidine rings is 1. The van der Waals surface area contributed by atoms with Gasteiger partial charge in [0.15, 0.2) is 0 Å². The summed E-state index contributed by atoms with van der Waals surface area (Å²) < 4.78 is 0. The molecule has 0 saturated carbocycles. The van der Waals surface area contributed by atoms with Crippen LogP contribution in [0.1, 0.15) is 64.6 Å². The van der Waals surface area contributed by atoms with Gasteiger partial charge in [-0.05, 0) is 42.9 Å². The van der Waals surface area contributed by atoms with Crippen molar-refractivity contribution in [3.8, 4) is 0 Å². The lowest BCUT2D eigenvalue weighted by atomic mass is 10.00. The Hall–Kier alpha value is -0.890. The lowest BCUT2D eigenvalue weighted by Gasteiger charge is -2.30. The Kier molecular flexibility index (Phi) is 7.07. The van der Waals surface area contributed by atoms with Crippen LogP contribution in [0.4, 0.5) is 0 Å². The van der Waals surface area contributed by atoms with E-state index in [0.717, 1.165) is 12.5 Å². The molecule has 1 fully saturated rings. The zero-order chi connectivity index (χ0) is 14.3. The monoisotopic (exact) mass is 262 g/mol. The molecule has 0 radical (unpaired) electrons. The summed E-state index contributed by atoms with van der Waals surface area (Å²) in [6.45, 7) is 14.3. The molecule has 1 unspecified atom stereocenters. The van der Waals surface area contributed by atoms with E-state index in [1.807, 2.05) is 13.8 Å². The van der Waals surface area contributed by atoms with Crippen LogP contribution in [-0.2, 0) is 6.54 Å². The van der Waals surface area contributed by atoms with Crippen LogP contribution in [0, 0.1) is 5.92 Å². The number of aromatic nitrogens is 1. The highest BCUT2D eigenvalue weighted by molar-refractivity contribution is 5.16. The van der Waals surface area contributed by atoms with Crippen molar-refractivity contribution in [1.82, 2.24) is 9.88 Å². The van der Waals surface area contributed by atoms with Gasteiger partial charge in [-0.25, -0.2) is 0 Å². The van der Waals surface area contributed by atoms with Gasteiger partial charge in [0, 0.05) is 25.0 Å². The number of rotatable bonds is 3. The van der Waals surface area contributed by atoms with E-state index in [4.69, 9.17) is 0 Å². The van der Waals surface area contributed by atoms with Crippen LogP contribution in [-0.4, -0.2) is 23.0 Å². The highest BCUT2D eigenvalue weighted by Crippen LogP contribution is 2.18. The largest absolute Gasteiger partial charge is 0.299 e. The molecule has 0 aromatic carbocycles. The first-order valence-electron chi connectivity index (χ1n) is 7.82. The minimum absolute atomic E-state index is 0.527. The van der Waals surface area contributed by atoms with E-state index >= 15 is 0 Å². The Morgan fingerprint density at radius 3 is 2.58 bits per heavy atom. The van der Waals surface area contributed by atoms with Gasteiger partial charge in [0.1, 0.15) is 0 Å². The van der Waals surface area contributed by atoms with Crippen molar-refractivity contribution in [2.75, 3.05) is 13.1 Å². The fraction of sp³-hybridized carbons (Fsp3) is 0.706. The fourth-order valence-corrected chi connectivity index (χ4v) is 2.56. The normalized spacial score (nSPS) is 20.0. The maximum Gasteiger partial charge on any atom is 0.0429 e. The summed E-state index contributed by atoms with van der Waals surface area (Å²) in [5.74, 6) is 1.38. The third-order valence-electron chi connectivity index (χ3n) is 3.59. The second-order valence-corrected chi connectivity index (χ2v) is 5.73. The van der Waals surface area contributed by atoms with Crippen LogP contribution in [0.25, 0.3) is 0 Å². The van der Waals surface area contributed by atoms with Gasteiger partial charge < -0.3 is 0 Å². The number of hydrogen-bond acceptors (Lipinski definition) is 2. The van der Waals surface area contributed by atoms with Crippen LogP contribution >= 0.6 is 0 Å². The predicted molar refractivity (Wildman–Crippen MR) is 83.3 cm³/mol. The van der Waals surface area contributed by atoms with Gasteiger partial charge in [0.25, 0.3) is 0 Å². The van der Waals surface area contributed by atoms with Gasteiger partial charge in [-0.15, -0.1) is 0 Å². The number of nitrogens with zero attached hydrogens (tertiary/aromatic N) is 2. The average Bonchev–Trinajstić information content (AvgIpc) is 2.41. The summed E-state index contributed by atoms with van der Waals surface area (Å²) in [7, 11) is 0. The van der Waals surface area contributed by atoms with Crippen LogP contribution in [0.2, 0.25) is 0 Å². The second-order valence-electron chi connectivity index (χ2n) is 5.73. The molecule has 1 aromatic rings. The maximum absolute atomic E-state index is 4.54. The molecule has 1 atom stereocenters. The van der Waals surface area contributed by atoms with Gasteiger partial charge in [0.05, 0.1) is 0 Å². The van der Waals surface area contributed by atoms with Gasteiger partial charge in [-0.1, -0.05) is 40.7 Å². The van der Waals surface area contributed by atoms with E-state index in [0.29, 0.717) is 5.92 Å². The van der Waals surface area contributed by atoms with Gasteiger partial charge in [-0.3, -0.25) is 9.88 Å². The topological polar surface area (TPSA) is 16.1 Å². The van der Waals surface area contributed by atoms with E-state index in [1.165, 1.54) is 37.2 Å². The van der Waals surface area contributed by atoms with Crippen molar-refractivity contribution in [3.05, 3.63) is 29.6 Å². The Labute approximate surface area is 119 Å². The van der Waals surface area contributed by atoms with Crippen LogP contribution in [0.5, 0.6) is 0 Å². The van der Waals surface area contributed by atoms with Gasteiger partial charge in [0.2, 0.25) is 0 Å². The molecule has 1 saturated heterocycles. The standard InChI is InChI=1S/C15H24N2.C2H6/c1-12(2)15-7-6-14(9-16-15)11-17-8-4-5-13(3)10-17;1-2/h6-7,9,12-13H,4-5,8,10-11H2,1-3H3;1-2H3. The number of pyridine rings is 1. The van der Waals surface area contributed by atoms with Crippen molar-refractivity contribution in [1.29, 1.82) is 0 Å². The summed E-state index contributed by atoms with van der Waals surface area (Å²) in [4.78, 5) is 7.09. The van der Waals surface area contributed by atoms with E-state index < -0.39 is 0 Å². The molecule has 1 aliphatic rings. The molecular weight excluding hydrogens is 232 g/mol. The lowest BCUT2D eigenvalue weighted by Crippen LogP contribution is -2.33. The van der Waals surface area contributed by atoms with Crippen molar-refractivity contribution >= 4 is 0 Å². The summed E-state index contributed by atoms with van der Waals surface area (Å²) in [5.41, 5.74) is 2.55. The molecule has 2 heterocycles. The molecule has 1 aromatic heterocycles. The molecule has 2 nitrogen and oxygen atoms in total. The Balaban J connectivity index is 0.000000861. The number of hydrogen-bond donors (Lipinski definition) is 0. The summed E-state index contributed by atoms with van der Waals surface area (Å²) in [6, 6.07) is 4.41. The van der Waals surface area contributed by atoms with Gasteiger partial charge in [-0.2, -0.15) is 0 Å². The molecule has 2 heteroatoms. The molecule has 108 valence electrons. The Bertz CT molecular complexity index is 343. The third kappa shape index (κ3) is 5.32.